The van der Waals surface area contributed by atoms with Crippen molar-refractivity contribution in [2.45, 2.75) is 56.9 Å². The monoisotopic (exact) mass is 614 g/mol. The highest BCUT2D eigenvalue weighted by Crippen LogP contribution is 2.42. The summed E-state index contributed by atoms with van der Waals surface area (Å²) in [5.41, 5.74) is 1.67. The molecular weight excluding hydrogens is 575 g/mol. The van der Waals surface area contributed by atoms with Crippen LogP contribution in [0.25, 0.3) is 16.7 Å². The van der Waals surface area contributed by atoms with Crippen LogP contribution in [-0.4, -0.2) is 91.3 Å². The van der Waals surface area contributed by atoms with Crippen LogP contribution in [0.1, 0.15) is 67.0 Å². The number of hydrogen-bond acceptors (Lipinski definition) is 8. The number of hydrogen-bond donors (Lipinski definition) is 1. The number of carbonyl (C=O) groups excluding carboxylic acids is 1. The third-order valence-corrected chi connectivity index (χ3v) is 10.4. The molecule has 2 aromatic heterocycles. The van der Waals surface area contributed by atoms with E-state index in [0.717, 1.165) is 81.2 Å². The number of nitrogens with one attached hydrogen (secondary N) is 1. The molecule has 3 fully saturated rings. The van der Waals surface area contributed by atoms with E-state index in [4.69, 9.17) is 14.6 Å². The molecule has 0 radical (unpaired) electrons. The molecule has 6 rings (SSSR count). The van der Waals surface area contributed by atoms with Gasteiger partial charge >= 0.3 is 10.2 Å². The van der Waals surface area contributed by atoms with Gasteiger partial charge in [-0.15, -0.1) is 0 Å². The quantitative estimate of drug-likeness (QED) is 0.388. The van der Waals surface area contributed by atoms with Crippen LogP contribution in [0.3, 0.4) is 0 Å². The number of amides is 1. The number of fused-ring (bicyclic) bond motifs is 1. The topological polar surface area (TPSA) is 119 Å². The lowest BCUT2D eigenvalue weighted by Crippen LogP contribution is -2.44. The number of piperidine rings is 1. The molecule has 13 heteroatoms. The molecule has 2 saturated heterocycles. The Morgan fingerprint density at radius 2 is 1.79 bits per heavy atom. The summed E-state index contributed by atoms with van der Waals surface area (Å²) in [6, 6.07) is 8.00. The van der Waals surface area contributed by atoms with Crippen molar-refractivity contribution >= 4 is 27.1 Å². The van der Waals surface area contributed by atoms with Crippen LogP contribution in [0.4, 0.5) is 4.39 Å². The van der Waals surface area contributed by atoms with E-state index >= 15 is 0 Å². The fourth-order valence-corrected chi connectivity index (χ4v) is 6.59. The Bertz CT molecular complexity index is 1560. The lowest BCUT2D eigenvalue weighted by molar-refractivity contribution is 0.0175. The predicted octanol–water partition coefficient (Wildman–Crippen LogP) is 3.63. The summed E-state index contributed by atoms with van der Waals surface area (Å²) in [5, 5.41) is 5.62. The van der Waals surface area contributed by atoms with Gasteiger partial charge in [0, 0.05) is 45.3 Å². The average Bonchev–Trinajstić information content (AvgIpc) is 3.35. The van der Waals surface area contributed by atoms with E-state index in [1.807, 2.05) is 0 Å². The molecule has 11 nitrogen and oxygen atoms in total. The smallest absolute Gasteiger partial charge is 0.303 e. The Hall–Kier alpha value is -3.13. The number of halogens is 1. The minimum atomic E-state index is -4.05. The third-order valence-electron chi connectivity index (χ3n) is 8.96. The SMILES string of the molecule is CN(C)S(=O)(=O)NC(=O)c1cc(OCC2CCN(C3CCOCC3)CC2)c2c(C3CCC3)nn(-c3ccc(F)cc3)c2n1. The number of rotatable bonds is 9. The van der Waals surface area contributed by atoms with Crippen molar-refractivity contribution in [2.24, 2.45) is 5.92 Å². The van der Waals surface area contributed by atoms with Crippen molar-refractivity contribution in [2.75, 3.05) is 47.0 Å². The number of likely N-dealkylation sites (tertiary alicyclic amines) is 1. The standard InChI is InChI=1S/C30H39FN6O5S/c1-35(2)43(39,40)34-30(38)25-18-26(42-19-20-10-14-36(15-11-20)23-12-16-41-17-13-23)27-28(21-4-3-5-21)33-37(29(27)32-25)24-8-6-22(31)7-9-24/h6-9,18,20-21,23H,3-5,10-17,19H2,1-2H3,(H,34,38). The van der Waals surface area contributed by atoms with Crippen molar-refractivity contribution < 1.29 is 27.1 Å². The number of pyridine rings is 1. The first-order chi connectivity index (χ1) is 20.7. The van der Waals surface area contributed by atoms with Crippen molar-refractivity contribution in [3.8, 4) is 11.4 Å². The Kier molecular flexibility index (Phi) is 8.67. The van der Waals surface area contributed by atoms with Gasteiger partial charge < -0.3 is 14.4 Å². The van der Waals surface area contributed by atoms with Crippen molar-refractivity contribution in [3.63, 3.8) is 0 Å². The molecule has 1 saturated carbocycles. The van der Waals surface area contributed by atoms with Gasteiger partial charge in [-0.2, -0.15) is 17.8 Å². The van der Waals surface area contributed by atoms with Gasteiger partial charge in [0.15, 0.2) is 5.65 Å². The van der Waals surface area contributed by atoms with E-state index in [1.54, 1.807) is 16.8 Å². The molecule has 1 aromatic carbocycles. The second-order valence-corrected chi connectivity index (χ2v) is 13.8. The second kappa shape index (κ2) is 12.5. The Balaban J connectivity index is 1.33. The number of nitrogens with zero attached hydrogens (tertiary/aromatic N) is 5. The Labute approximate surface area is 251 Å². The van der Waals surface area contributed by atoms with Crippen molar-refractivity contribution in [1.29, 1.82) is 0 Å². The Morgan fingerprint density at radius 1 is 1.09 bits per heavy atom. The van der Waals surface area contributed by atoms with E-state index in [0.29, 0.717) is 41.0 Å². The normalized spacial score (nSPS) is 19.5. The van der Waals surface area contributed by atoms with Gasteiger partial charge in [-0.05, 0) is 81.8 Å². The molecule has 0 atom stereocenters. The second-order valence-electron chi connectivity index (χ2n) is 12.0. The van der Waals surface area contributed by atoms with Crippen LogP contribution in [0.15, 0.2) is 30.3 Å². The van der Waals surface area contributed by atoms with Crippen LogP contribution in [-0.2, 0) is 14.9 Å². The van der Waals surface area contributed by atoms with Crippen LogP contribution in [0.2, 0.25) is 0 Å². The van der Waals surface area contributed by atoms with E-state index in [-0.39, 0.29) is 17.4 Å². The van der Waals surface area contributed by atoms with Gasteiger partial charge in [-0.3, -0.25) is 4.79 Å². The van der Waals surface area contributed by atoms with E-state index in [9.17, 15) is 17.6 Å². The fraction of sp³-hybridized carbons (Fsp3) is 0.567. The lowest BCUT2D eigenvalue weighted by atomic mass is 9.82. The molecular formula is C30H39FN6O5S. The number of aromatic nitrogens is 3. The minimum absolute atomic E-state index is 0.106. The zero-order valence-electron chi connectivity index (χ0n) is 24.7. The van der Waals surface area contributed by atoms with Crippen LogP contribution < -0.4 is 9.46 Å². The predicted molar refractivity (Wildman–Crippen MR) is 159 cm³/mol. The highest BCUT2D eigenvalue weighted by atomic mass is 32.2. The molecule has 1 aliphatic carbocycles. The summed E-state index contributed by atoms with van der Waals surface area (Å²) in [7, 11) is -1.38. The highest BCUT2D eigenvalue weighted by Gasteiger charge is 2.32. The average molecular weight is 615 g/mol. The summed E-state index contributed by atoms with van der Waals surface area (Å²) >= 11 is 0. The third kappa shape index (κ3) is 6.40. The first-order valence-corrected chi connectivity index (χ1v) is 16.5. The van der Waals surface area contributed by atoms with Crippen LogP contribution in [0, 0.1) is 11.7 Å². The largest absolute Gasteiger partial charge is 0.492 e. The Morgan fingerprint density at radius 3 is 2.42 bits per heavy atom. The van der Waals surface area contributed by atoms with Gasteiger partial charge in [-0.25, -0.2) is 18.8 Å². The maximum absolute atomic E-state index is 13.8. The van der Waals surface area contributed by atoms with Gasteiger partial charge in [0.25, 0.3) is 5.91 Å². The summed E-state index contributed by atoms with van der Waals surface area (Å²) < 4.78 is 55.3. The summed E-state index contributed by atoms with van der Waals surface area (Å²) in [6.45, 7) is 4.13. The van der Waals surface area contributed by atoms with Gasteiger partial charge in [-0.1, -0.05) is 6.42 Å². The molecule has 232 valence electrons. The summed E-state index contributed by atoms with van der Waals surface area (Å²) in [6.07, 6.45) is 7.20. The number of benzene rings is 1. The van der Waals surface area contributed by atoms with E-state index < -0.39 is 16.1 Å². The minimum Gasteiger partial charge on any atom is -0.492 e. The highest BCUT2D eigenvalue weighted by molar-refractivity contribution is 7.87. The van der Waals surface area contributed by atoms with Gasteiger partial charge in [0.2, 0.25) is 0 Å². The molecule has 1 amide bonds. The lowest BCUT2D eigenvalue weighted by Gasteiger charge is -2.39. The molecule has 4 heterocycles. The first kappa shape index (κ1) is 29.9. The maximum Gasteiger partial charge on any atom is 0.303 e. The van der Waals surface area contributed by atoms with Gasteiger partial charge in [0.1, 0.15) is 17.3 Å². The molecule has 1 N–H and O–H groups in total. The van der Waals surface area contributed by atoms with Crippen LogP contribution >= 0.6 is 0 Å². The zero-order valence-corrected chi connectivity index (χ0v) is 25.5. The summed E-state index contributed by atoms with van der Waals surface area (Å²) in [4.78, 5) is 20.4. The van der Waals surface area contributed by atoms with Gasteiger partial charge in [0.05, 0.1) is 23.4 Å². The maximum atomic E-state index is 13.8. The fourth-order valence-electron chi connectivity index (χ4n) is 6.07. The molecule has 2 aliphatic heterocycles. The van der Waals surface area contributed by atoms with Crippen molar-refractivity contribution in [1.82, 2.24) is 28.7 Å². The van der Waals surface area contributed by atoms with Crippen LogP contribution in [0.5, 0.6) is 5.75 Å². The van der Waals surface area contributed by atoms with E-state index in [1.165, 1.54) is 32.3 Å². The van der Waals surface area contributed by atoms with Crippen molar-refractivity contribution in [3.05, 3.63) is 47.5 Å². The summed E-state index contributed by atoms with van der Waals surface area (Å²) in [5.74, 6) is -0.245. The molecule has 0 spiro atoms. The molecule has 0 bridgehead atoms. The number of carbonyl (C=O) groups is 1. The molecule has 0 unspecified atom stereocenters. The molecule has 3 aromatic rings. The van der Waals surface area contributed by atoms with E-state index in [2.05, 4.69) is 14.6 Å². The molecule has 43 heavy (non-hydrogen) atoms. The molecule has 3 aliphatic rings. The number of ether oxygens (including phenoxy) is 2. The zero-order chi connectivity index (χ0) is 30.1. The first-order valence-electron chi connectivity index (χ1n) is 15.1.